The lowest BCUT2D eigenvalue weighted by Crippen LogP contribution is -2.10. The van der Waals surface area contributed by atoms with Gasteiger partial charge >= 0.3 is 0 Å². The Morgan fingerprint density at radius 2 is 1.89 bits per heavy atom. The van der Waals surface area contributed by atoms with Crippen molar-refractivity contribution in [2.45, 2.75) is 19.0 Å². The lowest BCUT2D eigenvalue weighted by atomic mass is 10.0. The number of hydrogen-bond acceptors (Lipinski definition) is 5. The van der Waals surface area contributed by atoms with Gasteiger partial charge in [0.15, 0.2) is 10.9 Å². The molecule has 0 saturated heterocycles. The molecule has 2 aromatic carbocycles. The monoisotopic (exact) mass is 406 g/mol. The summed E-state index contributed by atoms with van der Waals surface area (Å²) in [6.07, 6.45) is 0. The molecule has 0 unspecified atom stereocenters. The molecule has 0 aliphatic carbocycles. The minimum atomic E-state index is -0.175. The summed E-state index contributed by atoms with van der Waals surface area (Å²) in [6, 6.07) is 15.5. The molecule has 4 nitrogen and oxygen atoms in total. The first-order chi connectivity index (χ1) is 13.5. The Balaban J connectivity index is 1.58. The zero-order chi connectivity index (χ0) is 19.7. The van der Waals surface area contributed by atoms with E-state index >= 15 is 0 Å². The second kappa shape index (κ2) is 7.73. The maximum atomic E-state index is 12.7. The van der Waals surface area contributed by atoms with Gasteiger partial charge in [0, 0.05) is 16.5 Å². The van der Waals surface area contributed by atoms with Crippen LogP contribution in [-0.2, 0) is 0 Å². The number of carbonyl (C=O) groups excluding carboxylic acids is 1. The summed E-state index contributed by atoms with van der Waals surface area (Å²) >= 11 is 2.70. The molecule has 0 aliphatic rings. The largest absolute Gasteiger partial charge is 0.301 e. The number of aryl methyl sites for hydroxylation is 2. The minimum absolute atomic E-state index is 0.0204. The van der Waals surface area contributed by atoms with E-state index < -0.39 is 0 Å². The summed E-state index contributed by atoms with van der Waals surface area (Å²) in [6.45, 7) is 4.01. The van der Waals surface area contributed by atoms with E-state index in [4.69, 9.17) is 0 Å². The van der Waals surface area contributed by atoms with Gasteiger partial charge in [-0.3, -0.25) is 9.59 Å². The highest BCUT2D eigenvalue weighted by Gasteiger charge is 2.14. The van der Waals surface area contributed by atoms with Crippen molar-refractivity contribution in [3.8, 4) is 11.1 Å². The van der Waals surface area contributed by atoms with E-state index in [-0.39, 0.29) is 17.1 Å². The van der Waals surface area contributed by atoms with Crippen LogP contribution in [0.25, 0.3) is 21.3 Å². The van der Waals surface area contributed by atoms with E-state index in [1.165, 1.54) is 23.1 Å². The summed E-state index contributed by atoms with van der Waals surface area (Å²) in [5.41, 5.74) is 4.64. The fourth-order valence-corrected chi connectivity index (χ4v) is 4.72. The number of fused-ring (bicyclic) bond motifs is 1. The number of ketones is 1. The molecule has 0 fully saturated rings. The predicted molar refractivity (Wildman–Crippen MR) is 117 cm³/mol. The Morgan fingerprint density at radius 3 is 2.64 bits per heavy atom. The predicted octanol–water partition coefficient (Wildman–Crippen LogP) is 5.24. The quantitative estimate of drug-likeness (QED) is 0.280. The van der Waals surface area contributed by atoms with E-state index in [2.05, 4.69) is 9.97 Å². The number of aromatic amines is 1. The van der Waals surface area contributed by atoms with Crippen LogP contribution in [0.5, 0.6) is 0 Å². The van der Waals surface area contributed by atoms with Gasteiger partial charge in [-0.25, -0.2) is 4.98 Å². The van der Waals surface area contributed by atoms with E-state index in [0.29, 0.717) is 20.9 Å². The Bertz CT molecular complexity index is 1230. The van der Waals surface area contributed by atoms with Gasteiger partial charge in [-0.05, 0) is 36.6 Å². The van der Waals surface area contributed by atoms with Crippen molar-refractivity contribution in [1.82, 2.24) is 9.97 Å². The molecule has 0 radical (unpaired) electrons. The van der Waals surface area contributed by atoms with E-state index in [1.807, 2.05) is 67.8 Å². The third-order valence-corrected chi connectivity index (χ3v) is 6.42. The van der Waals surface area contributed by atoms with Crippen LogP contribution in [0.15, 0.2) is 63.9 Å². The average Bonchev–Trinajstić information content (AvgIpc) is 3.13. The molecule has 4 rings (SSSR count). The first-order valence-corrected chi connectivity index (χ1v) is 10.7. The zero-order valence-corrected chi connectivity index (χ0v) is 17.1. The molecule has 0 atom stereocenters. The SMILES string of the molecule is Cc1ccc(C(=O)CSc2nc3scc(-c4ccccc4)c3c(=O)[nH]2)cc1C. The highest BCUT2D eigenvalue weighted by molar-refractivity contribution is 7.99. The number of thiophene rings is 1. The van der Waals surface area contributed by atoms with Gasteiger partial charge in [0.2, 0.25) is 0 Å². The fourth-order valence-electron chi connectivity index (χ4n) is 2.96. The number of H-pyrrole nitrogens is 1. The van der Waals surface area contributed by atoms with Gasteiger partial charge in [0.25, 0.3) is 5.56 Å². The van der Waals surface area contributed by atoms with Crippen molar-refractivity contribution >= 4 is 39.1 Å². The highest BCUT2D eigenvalue weighted by atomic mass is 32.2. The molecule has 1 N–H and O–H groups in total. The van der Waals surface area contributed by atoms with Gasteiger partial charge in [0.05, 0.1) is 11.1 Å². The molecule has 0 amide bonds. The number of rotatable bonds is 5. The second-order valence-electron chi connectivity index (χ2n) is 6.58. The molecule has 4 aromatic rings. The van der Waals surface area contributed by atoms with Gasteiger partial charge in [-0.1, -0.05) is 54.2 Å². The van der Waals surface area contributed by atoms with Crippen LogP contribution >= 0.6 is 23.1 Å². The first-order valence-electron chi connectivity index (χ1n) is 8.83. The minimum Gasteiger partial charge on any atom is -0.301 e. The standard InChI is InChI=1S/C22H18N2O2S2/c1-13-8-9-16(10-14(13)2)18(25)12-28-22-23-20(26)19-17(11-27-21(19)24-22)15-6-4-3-5-7-15/h3-11H,12H2,1-2H3,(H,23,24,26). The van der Waals surface area contributed by atoms with E-state index in [0.717, 1.165) is 22.3 Å². The molecule has 0 bridgehead atoms. The Labute approximate surface area is 170 Å². The van der Waals surface area contributed by atoms with Gasteiger partial charge in [-0.2, -0.15) is 0 Å². The van der Waals surface area contributed by atoms with Crippen LogP contribution in [0.3, 0.4) is 0 Å². The van der Waals surface area contributed by atoms with Crippen molar-refractivity contribution in [3.05, 3.63) is 81.0 Å². The number of thioether (sulfide) groups is 1. The van der Waals surface area contributed by atoms with E-state index in [1.54, 1.807) is 0 Å². The average molecular weight is 407 g/mol. The van der Waals surface area contributed by atoms with Crippen LogP contribution < -0.4 is 5.56 Å². The molecule has 2 heterocycles. The fraction of sp³-hybridized carbons (Fsp3) is 0.136. The number of Topliss-reactive ketones (excluding diaryl/α,β-unsaturated/α-hetero) is 1. The van der Waals surface area contributed by atoms with Crippen LogP contribution in [0, 0.1) is 13.8 Å². The Hall–Kier alpha value is -2.70. The smallest absolute Gasteiger partial charge is 0.260 e. The second-order valence-corrected chi connectivity index (χ2v) is 8.40. The molecule has 140 valence electrons. The van der Waals surface area contributed by atoms with Gasteiger partial charge in [-0.15, -0.1) is 11.3 Å². The number of carbonyl (C=O) groups is 1. The summed E-state index contributed by atoms with van der Waals surface area (Å²) < 4.78 is 0. The molecule has 2 aromatic heterocycles. The highest BCUT2D eigenvalue weighted by Crippen LogP contribution is 2.31. The number of benzene rings is 2. The van der Waals surface area contributed by atoms with Crippen molar-refractivity contribution < 1.29 is 4.79 Å². The van der Waals surface area contributed by atoms with Crippen molar-refractivity contribution in [2.24, 2.45) is 0 Å². The Kier molecular flexibility index (Phi) is 5.15. The number of aromatic nitrogens is 2. The lowest BCUT2D eigenvalue weighted by Gasteiger charge is -2.05. The van der Waals surface area contributed by atoms with Crippen molar-refractivity contribution in [3.63, 3.8) is 0 Å². The summed E-state index contributed by atoms with van der Waals surface area (Å²) in [4.78, 5) is 33.2. The molecule has 0 saturated carbocycles. The summed E-state index contributed by atoms with van der Waals surface area (Å²) in [5.74, 6) is 0.250. The van der Waals surface area contributed by atoms with Crippen LogP contribution in [0.4, 0.5) is 0 Å². The van der Waals surface area contributed by atoms with Crippen LogP contribution in [0.2, 0.25) is 0 Å². The van der Waals surface area contributed by atoms with Gasteiger partial charge < -0.3 is 4.98 Å². The summed E-state index contributed by atoms with van der Waals surface area (Å²) in [7, 11) is 0. The maximum absolute atomic E-state index is 12.7. The van der Waals surface area contributed by atoms with Crippen LogP contribution in [0.1, 0.15) is 21.5 Å². The topological polar surface area (TPSA) is 62.8 Å². The molecule has 0 spiro atoms. The van der Waals surface area contributed by atoms with Crippen molar-refractivity contribution in [2.75, 3.05) is 5.75 Å². The number of nitrogens with one attached hydrogen (secondary N) is 1. The molecule has 28 heavy (non-hydrogen) atoms. The first kappa shape index (κ1) is 18.7. The number of hydrogen-bond donors (Lipinski definition) is 1. The van der Waals surface area contributed by atoms with Crippen molar-refractivity contribution in [1.29, 1.82) is 0 Å². The molecule has 6 heteroatoms. The lowest BCUT2D eigenvalue weighted by molar-refractivity contribution is 0.102. The van der Waals surface area contributed by atoms with Crippen LogP contribution in [-0.4, -0.2) is 21.5 Å². The van der Waals surface area contributed by atoms with Gasteiger partial charge in [0.1, 0.15) is 4.83 Å². The molecule has 0 aliphatic heterocycles. The zero-order valence-electron chi connectivity index (χ0n) is 15.5. The third kappa shape index (κ3) is 3.66. The Morgan fingerprint density at radius 1 is 1.11 bits per heavy atom. The molecular weight excluding hydrogens is 388 g/mol. The number of nitrogens with zero attached hydrogens (tertiary/aromatic N) is 1. The van der Waals surface area contributed by atoms with E-state index in [9.17, 15) is 9.59 Å². The molecular formula is C22H18N2O2S2. The maximum Gasteiger partial charge on any atom is 0.260 e. The summed E-state index contributed by atoms with van der Waals surface area (Å²) in [5, 5.41) is 3.02. The third-order valence-electron chi connectivity index (χ3n) is 4.68. The normalized spacial score (nSPS) is 11.1.